The topological polar surface area (TPSA) is 43.6 Å². The third-order valence-electron chi connectivity index (χ3n) is 13.7. The largest absolute Gasteiger partial charge is 0.309 e. The lowest BCUT2D eigenvalue weighted by molar-refractivity contribution is 1.06. The molecule has 10 aromatic carbocycles. The molecule has 0 N–H and O–H groups in total. The number of thiophene rings is 1. The molecule has 13 rings (SSSR count). The van der Waals surface area contributed by atoms with E-state index in [-0.39, 0.29) is 0 Å². The van der Waals surface area contributed by atoms with Crippen molar-refractivity contribution < 1.29 is 0 Å². The fourth-order valence-corrected chi connectivity index (χ4v) is 16.5. The van der Waals surface area contributed by atoms with E-state index in [9.17, 15) is 0 Å². The lowest BCUT2D eigenvalue weighted by Crippen LogP contribution is -2.74. The van der Waals surface area contributed by atoms with Crippen molar-refractivity contribution in [2.24, 2.45) is 0 Å². The molecule has 0 aliphatic carbocycles. The highest BCUT2D eigenvalue weighted by Crippen LogP contribution is 2.41. The fraction of sp³-hybridized carbons (Fsp3) is 0. The molecule has 0 spiro atoms. The second-order valence-corrected chi connectivity index (χ2v) is 22.3. The minimum absolute atomic E-state index is 0.609. The number of fused-ring (bicyclic) bond motifs is 6. The van der Waals surface area contributed by atoms with E-state index in [0.717, 1.165) is 39.0 Å². The molecule has 0 aliphatic heterocycles. The van der Waals surface area contributed by atoms with Gasteiger partial charge < -0.3 is 4.57 Å². The van der Waals surface area contributed by atoms with E-state index >= 15 is 0 Å². The van der Waals surface area contributed by atoms with E-state index in [4.69, 9.17) is 15.0 Å². The van der Waals surface area contributed by atoms with Crippen molar-refractivity contribution >= 4 is 82.1 Å². The molecule has 0 atom stereocenters. The van der Waals surface area contributed by atoms with Crippen LogP contribution >= 0.6 is 11.3 Å². The van der Waals surface area contributed by atoms with Gasteiger partial charge in [-0.25, -0.2) is 15.0 Å². The average molecular weight is 915 g/mol. The van der Waals surface area contributed by atoms with E-state index < -0.39 is 8.07 Å². The van der Waals surface area contributed by atoms with Crippen LogP contribution in [0.25, 0.3) is 93.0 Å². The van der Waals surface area contributed by atoms with Crippen LogP contribution in [-0.4, -0.2) is 27.6 Å². The Balaban J connectivity index is 0.989. The van der Waals surface area contributed by atoms with E-state index in [1.807, 2.05) is 11.3 Å². The second kappa shape index (κ2) is 17.0. The molecule has 0 radical (unpaired) electrons. The smallest absolute Gasteiger partial charge is 0.179 e. The van der Waals surface area contributed by atoms with Crippen LogP contribution in [0.2, 0.25) is 0 Å². The van der Waals surface area contributed by atoms with E-state index in [1.165, 1.54) is 57.3 Å². The van der Waals surface area contributed by atoms with E-state index in [0.29, 0.717) is 17.5 Å². The molecule has 324 valence electrons. The molecule has 0 fully saturated rings. The third-order valence-corrected chi connectivity index (χ3v) is 19.7. The Morgan fingerprint density at radius 1 is 0.304 bits per heavy atom. The summed E-state index contributed by atoms with van der Waals surface area (Å²) >= 11 is 1.85. The summed E-state index contributed by atoms with van der Waals surface area (Å²) in [5.41, 5.74) is 8.39. The first-order valence-electron chi connectivity index (χ1n) is 23.3. The lowest BCUT2D eigenvalue weighted by atomic mass is 10.0. The SMILES string of the molecule is c1ccc([Si](c2ccccc2)(c2ccccc2)c2ccc(-c3nc(-c4ccc(-c5cccc6c5sc5ccccc56)cc4)nc(-c4ccccc4-n4c5ccccc5c5ccccc54)n3)cc2)cc1. The van der Waals surface area contributed by atoms with Gasteiger partial charge in [0, 0.05) is 47.6 Å². The third kappa shape index (κ3) is 6.83. The summed E-state index contributed by atoms with van der Waals surface area (Å²) in [6.07, 6.45) is 0. The molecule has 4 nitrogen and oxygen atoms in total. The second-order valence-electron chi connectivity index (χ2n) is 17.5. The molecule has 0 aliphatic rings. The molecule has 6 heteroatoms. The number of hydrogen-bond donors (Lipinski definition) is 0. The van der Waals surface area contributed by atoms with Crippen LogP contribution < -0.4 is 20.7 Å². The Labute approximate surface area is 405 Å². The predicted octanol–water partition coefficient (Wildman–Crippen LogP) is 13.4. The average Bonchev–Trinajstić information content (AvgIpc) is 3.98. The molecule has 0 saturated heterocycles. The molecule has 3 aromatic heterocycles. The molecule has 0 amide bonds. The number of benzene rings is 10. The van der Waals surface area contributed by atoms with Crippen LogP contribution in [-0.2, 0) is 0 Å². The van der Waals surface area contributed by atoms with Gasteiger partial charge in [-0.15, -0.1) is 11.3 Å². The van der Waals surface area contributed by atoms with Crippen LogP contribution in [0, 0.1) is 0 Å². The van der Waals surface area contributed by atoms with Gasteiger partial charge in [0.1, 0.15) is 0 Å². The fourth-order valence-electron chi connectivity index (χ4n) is 10.5. The van der Waals surface area contributed by atoms with Crippen LogP contribution in [0.4, 0.5) is 0 Å². The van der Waals surface area contributed by atoms with Gasteiger partial charge in [0.2, 0.25) is 0 Å². The van der Waals surface area contributed by atoms with Gasteiger partial charge in [0.25, 0.3) is 0 Å². The van der Waals surface area contributed by atoms with Crippen molar-refractivity contribution in [2.75, 3.05) is 0 Å². The molecule has 0 unspecified atom stereocenters. The number of para-hydroxylation sites is 3. The zero-order chi connectivity index (χ0) is 45.7. The first kappa shape index (κ1) is 40.7. The predicted molar refractivity (Wildman–Crippen MR) is 292 cm³/mol. The number of hydrogen-bond acceptors (Lipinski definition) is 4. The molecule has 69 heavy (non-hydrogen) atoms. The molecule has 0 saturated carbocycles. The quantitative estimate of drug-likeness (QED) is 0.107. The number of nitrogens with zero attached hydrogens (tertiary/aromatic N) is 4. The number of rotatable bonds is 9. The van der Waals surface area contributed by atoms with Crippen molar-refractivity contribution in [1.29, 1.82) is 0 Å². The Hall–Kier alpha value is -8.55. The normalized spacial score (nSPS) is 11.8. The van der Waals surface area contributed by atoms with E-state index in [1.54, 1.807) is 0 Å². The van der Waals surface area contributed by atoms with Gasteiger partial charge >= 0.3 is 0 Å². The Morgan fingerprint density at radius 3 is 1.32 bits per heavy atom. The van der Waals surface area contributed by atoms with Gasteiger partial charge in [-0.05, 0) is 62.2 Å². The summed E-state index contributed by atoms with van der Waals surface area (Å²) in [4.78, 5) is 16.1. The standard InChI is InChI=1S/C63H42N4SSi/c1-4-19-46(20-5-1)69(47-21-6-2-7-22-47,48-23-8-3-9-24-48)49-41-39-45(40-42-49)62-64-61(44-37-35-43(36-38-44)50-29-18-30-54-53-27-13-17-34-59(53)68-60(50)54)65-63(66-62)55-28-12-16-33-58(55)67-56-31-14-10-25-51(56)52-26-11-15-32-57(52)67/h1-42H. The van der Waals surface area contributed by atoms with Crippen molar-refractivity contribution in [3.8, 4) is 51.0 Å². The lowest BCUT2D eigenvalue weighted by Gasteiger charge is -2.34. The summed E-state index contributed by atoms with van der Waals surface area (Å²) in [7, 11) is -2.75. The summed E-state index contributed by atoms with van der Waals surface area (Å²) in [6, 6.07) is 91.9. The Bertz CT molecular complexity index is 3850. The van der Waals surface area contributed by atoms with E-state index in [2.05, 4.69) is 259 Å². The maximum atomic E-state index is 5.39. The maximum absolute atomic E-state index is 5.39. The molecule has 3 heterocycles. The minimum atomic E-state index is -2.75. The Kier molecular flexibility index (Phi) is 10.00. The zero-order valence-corrected chi connectivity index (χ0v) is 39.3. The van der Waals surface area contributed by atoms with Crippen LogP contribution in [0.5, 0.6) is 0 Å². The van der Waals surface area contributed by atoms with Crippen molar-refractivity contribution in [2.45, 2.75) is 0 Å². The van der Waals surface area contributed by atoms with Gasteiger partial charge in [-0.3, -0.25) is 0 Å². The first-order chi connectivity index (χ1) is 34.2. The maximum Gasteiger partial charge on any atom is 0.179 e. The van der Waals surface area contributed by atoms with Crippen molar-refractivity contribution in [3.63, 3.8) is 0 Å². The van der Waals surface area contributed by atoms with Gasteiger partial charge in [-0.2, -0.15) is 0 Å². The summed E-state index contributed by atoms with van der Waals surface area (Å²) in [5.74, 6) is 1.84. The van der Waals surface area contributed by atoms with Gasteiger partial charge in [0.15, 0.2) is 25.5 Å². The summed E-state index contributed by atoms with van der Waals surface area (Å²) in [6.45, 7) is 0. The molecule has 13 aromatic rings. The zero-order valence-electron chi connectivity index (χ0n) is 37.4. The highest BCUT2D eigenvalue weighted by Gasteiger charge is 2.41. The van der Waals surface area contributed by atoms with Crippen molar-refractivity contribution in [3.05, 3.63) is 255 Å². The summed E-state index contributed by atoms with van der Waals surface area (Å²) < 4.78 is 4.94. The van der Waals surface area contributed by atoms with Crippen LogP contribution in [0.3, 0.4) is 0 Å². The number of aromatic nitrogens is 4. The molecule has 0 bridgehead atoms. The summed E-state index contributed by atoms with van der Waals surface area (Å²) in [5, 5.41) is 10.2. The monoisotopic (exact) mass is 914 g/mol. The molecular weight excluding hydrogens is 873 g/mol. The van der Waals surface area contributed by atoms with Gasteiger partial charge in [0.05, 0.1) is 16.7 Å². The van der Waals surface area contributed by atoms with Crippen molar-refractivity contribution in [1.82, 2.24) is 19.5 Å². The van der Waals surface area contributed by atoms with Crippen LogP contribution in [0.1, 0.15) is 0 Å². The van der Waals surface area contributed by atoms with Crippen LogP contribution in [0.15, 0.2) is 255 Å². The first-order valence-corrected chi connectivity index (χ1v) is 26.2. The highest BCUT2D eigenvalue weighted by atomic mass is 32.1. The van der Waals surface area contributed by atoms with Gasteiger partial charge in [-0.1, -0.05) is 224 Å². The Morgan fingerprint density at radius 2 is 0.725 bits per heavy atom. The highest BCUT2D eigenvalue weighted by molar-refractivity contribution is 7.26. The minimum Gasteiger partial charge on any atom is -0.309 e. The molecular formula is C63H42N4SSi.